The molecule has 1 fully saturated rings. The van der Waals surface area contributed by atoms with Crippen LogP contribution in [0.25, 0.3) is 0 Å². The fourth-order valence-corrected chi connectivity index (χ4v) is 3.24. The van der Waals surface area contributed by atoms with Crippen molar-refractivity contribution in [2.75, 3.05) is 23.3 Å². The molecular weight excluding hydrogens is 360 g/mol. The molecule has 0 unspecified atom stereocenters. The zero-order valence-electron chi connectivity index (χ0n) is 19.1. The second-order valence-electron chi connectivity index (χ2n) is 7.88. The molecule has 2 rings (SSSR count). The summed E-state index contributed by atoms with van der Waals surface area (Å²) < 4.78 is 0. The molecule has 0 bridgehead atoms. The van der Waals surface area contributed by atoms with E-state index in [0.717, 1.165) is 29.2 Å². The molecule has 0 radical (unpaired) electrons. The average molecular weight is 399 g/mol. The summed E-state index contributed by atoms with van der Waals surface area (Å²) >= 11 is 0. The van der Waals surface area contributed by atoms with E-state index in [1.165, 1.54) is 12.8 Å². The number of carbonyl (C=O) groups is 1. The summed E-state index contributed by atoms with van der Waals surface area (Å²) in [6, 6.07) is 1.90. The minimum absolute atomic E-state index is 0.0983. The second-order valence-corrected chi connectivity index (χ2v) is 7.88. The number of nitrogens with one attached hydrogen (secondary N) is 2. The van der Waals surface area contributed by atoms with Gasteiger partial charge in [-0.05, 0) is 44.2 Å². The van der Waals surface area contributed by atoms with Gasteiger partial charge in [0.05, 0.1) is 11.4 Å². The number of pyridine rings is 1. The summed E-state index contributed by atoms with van der Waals surface area (Å²) in [5.74, 6) is 1.62. The van der Waals surface area contributed by atoms with E-state index in [2.05, 4.69) is 37.7 Å². The summed E-state index contributed by atoms with van der Waals surface area (Å²) in [5, 5.41) is 11.3. The maximum absolute atomic E-state index is 12.0. The third-order valence-electron chi connectivity index (χ3n) is 4.95. The molecule has 5 nitrogen and oxygen atoms in total. The lowest BCUT2D eigenvalue weighted by Crippen LogP contribution is -2.26. The number of nitrogens with zero attached hydrogens (tertiary/aromatic N) is 2. The van der Waals surface area contributed by atoms with Crippen molar-refractivity contribution in [3.8, 4) is 0 Å². The summed E-state index contributed by atoms with van der Waals surface area (Å²) in [5.41, 5.74) is 3.94. The van der Waals surface area contributed by atoms with Crippen LogP contribution in [0.3, 0.4) is 0 Å². The van der Waals surface area contributed by atoms with E-state index in [4.69, 9.17) is 5.41 Å². The molecule has 1 aromatic heterocycles. The molecule has 1 aliphatic heterocycles. The predicted molar refractivity (Wildman–Crippen MR) is 125 cm³/mol. The maximum Gasteiger partial charge on any atom is 0.228 e. The van der Waals surface area contributed by atoms with Crippen molar-refractivity contribution in [1.29, 1.82) is 5.41 Å². The molecule has 1 aliphatic rings. The van der Waals surface area contributed by atoms with Gasteiger partial charge in [0.25, 0.3) is 0 Å². The topological polar surface area (TPSA) is 69.1 Å². The second kappa shape index (κ2) is 12.2. The van der Waals surface area contributed by atoms with Gasteiger partial charge in [-0.1, -0.05) is 52.3 Å². The lowest BCUT2D eigenvalue weighted by Gasteiger charge is -2.20. The third kappa shape index (κ3) is 7.48. The highest BCUT2D eigenvalue weighted by Crippen LogP contribution is 2.27. The van der Waals surface area contributed by atoms with Gasteiger partial charge in [0.2, 0.25) is 5.91 Å². The Kier molecular flexibility index (Phi) is 10.4. The van der Waals surface area contributed by atoms with Gasteiger partial charge in [-0.15, -0.1) is 0 Å². The Bertz CT molecular complexity index is 749. The highest BCUT2D eigenvalue weighted by molar-refractivity contribution is 5.99. The molecule has 0 aliphatic carbocycles. The van der Waals surface area contributed by atoms with Crippen LogP contribution in [0, 0.1) is 18.3 Å². The first-order chi connectivity index (χ1) is 13.7. The predicted octanol–water partition coefficient (Wildman–Crippen LogP) is 5.89. The zero-order valence-corrected chi connectivity index (χ0v) is 19.1. The monoisotopic (exact) mass is 398 g/mol. The number of hydrogen-bond acceptors (Lipinski definition) is 4. The Morgan fingerprint density at radius 1 is 1.45 bits per heavy atom. The van der Waals surface area contributed by atoms with Gasteiger partial charge in [-0.3, -0.25) is 9.69 Å². The fraction of sp³-hybridized carbons (Fsp3) is 0.542. The first-order valence-corrected chi connectivity index (χ1v) is 10.6. The van der Waals surface area contributed by atoms with Crippen molar-refractivity contribution >= 4 is 23.1 Å². The number of anilines is 2. The minimum atomic E-state index is 0.0983. The molecule has 1 aromatic rings. The number of carbonyl (C=O) groups excluding carboxylic acids is 1. The SMILES string of the molecule is C=C/C(=C\C)CNc1cc(N2CCCC2=O)nc(C(C)=N)c1C.CCCC(C)C. The zero-order chi connectivity index (χ0) is 22.0. The van der Waals surface area contributed by atoms with Crippen molar-refractivity contribution < 1.29 is 4.79 Å². The number of rotatable bonds is 8. The normalized spacial score (nSPS) is 14.0. The third-order valence-corrected chi connectivity index (χ3v) is 4.95. The van der Waals surface area contributed by atoms with Gasteiger partial charge in [0.1, 0.15) is 5.82 Å². The van der Waals surface area contributed by atoms with Crippen LogP contribution < -0.4 is 10.2 Å². The summed E-state index contributed by atoms with van der Waals surface area (Å²) in [6.45, 7) is 17.5. The van der Waals surface area contributed by atoms with E-state index < -0.39 is 0 Å². The van der Waals surface area contributed by atoms with Crippen molar-refractivity contribution in [2.45, 2.75) is 67.2 Å². The Morgan fingerprint density at radius 2 is 2.14 bits per heavy atom. The Balaban J connectivity index is 0.000000612. The molecule has 2 heterocycles. The number of hydrogen-bond donors (Lipinski definition) is 2. The molecule has 0 aromatic carbocycles. The van der Waals surface area contributed by atoms with Crippen LogP contribution in [-0.2, 0) is 4.79 Å². The average Bonchev–Trinajstić information content (AvgIpc) is 3.10. The number of allylic oxidation sites excluding steroid dienone is 1. The Morgan fingerprint density at radius 3 is 2.55 bits per heavy atom. The molecule has 29 heavy (non-hydrogen) atoms. The standard InChI is InChI=1S/C18H24N4O.C6H14/c1-5-14(6-2)11-20-15-10-16(22-9-7-8-17(22)23)21-18(12(15)3)13(4)19;1-4-5-6(2)3/h5-6,10,19H,1,7-9,11H2,2-4H3,(H,20,21);6H,4-5H2,1-3H3/b14-6+,19-13?;. The van der Waals surface area contributed by atoms with Crippen LogP contribution >= 0.6 is 0 Å². The van der Waals surface area contributed by atoms with E-state index in [1.807, 2.05) is 32.1 Å². The lowest BCUT2D eigenvalue weighted by molar-refractivity contribution is -0.117. The summed E-state index contributed by atoms with van der Waals surface area (Å²) in [7, 11) is 0. The van der Waals surface area contributed by atoms with E-state index in [-0.39, 0.29) is 5.91 Å². The molecule has 0 atom stereocenters. The summed E-state index contributed by atoms with van der Waals surface area (Å²) in [6.07, 6.45) is 7.95. The van der Waals surface area contributed by atoms with Gasteiger partial charge < -0.3 is 10.7 Å². The lowest BCUT2D eigenvalue weighted by atomic mass is 10.1. The van der Waals surface area contributed by atoms with Crippen LogP contribution in [0.15, 0.2) is 30.4 Å². The molecule has 0 saturated carbocycles. The van der Waals surface area contributed by atoms with Crippen LogP contribution in [0.5, 0.6) is 0 Å². The van der Waals surface area contributed by atoms with E-state index in [1.54, 1.807) is 11.8 Å². The Hall–Kier alpha value is -2.43. The van der Waals surface area contributed by atoms with Crippen LogP contribution in [0.1, 0.15) is 71.6 Å². The largest absolute Gasteiger partial charge is 0.381 e. The van der Waals surface area contributed by atoms with Crippen molar-refractivity contribution in [3.63, 3.8) is 0 Å². The molecule has 1 saturated heterocycles. The number of amides is 1. The van der Waals surface area contributed by atoms with Crippen LogP contribution in [0.4, 0.5) is 11.5 Å². The van der Waals surface area contributed by atoms with Gasteiger partial charge >= 0.3 is 0 Å². The first-order valence-electron chi connectivity index (χ1n) is 10.6. The van der Waals surface area contributed by atoms with E-state index in [9.17, 15) is 4.79 Å². The Labute approximate surface area is 176 Å². The molecule has 5 heteroatoms. The highest BCUT2D eigenvalue weighted by Gasteiger charge is 2.24. The first kappa shape index (κ1) is 24.6. The van der Waals surface area contributed by atoms with Gasteiger partial charge in [-0.25, -0.2) is 4.98 Å². The molecule has 2 N–H and O–H groups in total. The molecular formula is C24H38N4O. The summed E-state index contributed by atoms with van der Waals surface area (Å²) in [4.78, 5) is 18.2. The van der Waals surface area contributed by atoms with Crippen LogP contribution in [-0.4, -0.2) is 29.7 Å². The maximum atomic E-state index is 12.0. The smallest absolute Gasteiger partial charge is 0.228 e. The highest BCUT2D eigenvalue weighted by atomic mass is 16.2. The number of aromatic nitrogens is 1. The molecule has 1 amide bonds. The van der Waals surface area contributed by atoms with Crippen molar-refractivity contribution in [3.05, 3.63) is 41.6 Å². The molecule has 0 spiro atoms. The van der Waals surface area contributed by atoms with Gasteiger partial charge in [0, 0.05) is 31.3 Å². The quantitative estimate of drug-likeness (QED) is 0.424. The minimum Gasteiger partial charge on any atom is -0.381 e. The van der Waals surface area contributed by atoms with Crippen molar-refractivity contribution in [2.24, 2.45) is 5.92 Å². The van der Waals surface area contributed by atoms with Crippen LogP contribution in [0.2, 0.25) is 0 Å². The van der Waals surface area contributed by atoms with Gasteiger partial charge in [-0.2, -0.15) is 0 Å². The van der Waals surface area contributed by atoms with Gasteiger partial charge in [0.15, 0.2) is 0 Å². The van der Waals surface area contributed by atoms with Crippen molar-refractivity contribution in [1.82, 2.24) is 4.98 Å². The molecule has 160 valence electrons. The van der Waals surface area contributed by atoms with E-state index >= 15 is 0 Å². The van der Waals surface area contributed by atoms with E-state index in [0.29, 0.717) is 36.7 Å². The fourth-order valence-electron chi connectivity index (χ4n) is 3.24.